The van der Waals surface area contributed by atoms with E-state index in [0.29, 0.717) is 11.4 Å². The second-order valence-corrected chi connectivity index (χ2v) is 5.18. The molecule has 0 unspecified atom stereocenters. The average molecular weight is 311 g/mol. The highest BCUT2D eigenvalue weighted by atomic mass is 35.5. The van der Waals surface area contributed by atoms with Crippen LogP contribution >= 0.6 is 11.6 Å². The number of aromatic amines is 1. The van der Waals surface area contributed by atoms with Crippen LogP contribution in [0.2, 0.25) is 0 Å². The molecule has 0 bridgehead atoms. The van der Waals surface area contributed by atoms with Crippen molar-refractivity contribution in [1.82, 2.24) is 9.97 Å². The van der Waals surface area contributed by atoms with E-state index >= 15 is 0 Å². The van der Waals surface area contributed by atoms with Gasteiger partial charge in [0.1, 0.15) is 11.0 Å². The van der Waals surface area contributed by atoms with Gasteiger partial charge in [-0.25, -0.2) is 4.98 Å². The largest absolute Gasteiger partial charge is 0.404 e. The number of benzene rings is 2. The molecular weight excluding hydrogens is 296 g/mol. The molecule has 2 aromatic carbocycles. The van der Waals surface area contributed by atoms with Crippen molar-refractivity contribution in [3.63, 3.8) is 0 Å². The third-order valence-corrected chi connectivity index (χ3v) is 3.57. The number of H-pyrrole nitrogens is 1. The molecule has 0 amide bonds. The van der Waals surface area contributed by atoms with Crippen LogP contribution in [0, 0.1) is 0 Å². The van der Waals surface area contributed by atoms with Crippen molar-refractivity contribution in [1.29, 1.82) is 0 Å². The maximum absolute atomic E-state index is 6.13. The van der Waals surface area contributed by atoms with Crippen LogP contribution in [-0.2, 0) is 0 Å². The first-order chi connectivity index (χ1) is 10.7. The van der Waals surface area contributed by atoms with Gasteiger partial charge >= 0.3 is 0 Å². The summed E-state index contributed by atoms with van der Waals surface area (Å²) in [5, 5.41) is 0.139. The van der Waals surface area contributed by atoms with Crippen LogP contribution in [0.15, 0.2) is 66.0 Å². The van der Waals surface area contributed by atoms with E-state index in [4.69, 9.17) is 23.1 Å². The number of halogens is 1. The zero-order valence-corrected chi connectivity index (χ0v) is 12.5. The van der Waals surface area contributed by atoms with Crippen molar-refractivity contribution in [2.75, 3.05) is 0 Å². The number of rotatable bonds is 3. The third kappa shape index (κ3) is 2.56. The number of nitrogens with two attached hydrogens (primary N) is 2. The van der Waals surface area contributed by atoms with Gasteiger partial charge in [-0.1, -0.05) is 54.1 Å². The molecule has 0 fully saturated rings. The fraction of sp³-hybridized carbons (Fsp3) is 0. The molecule has 5 heteroatoms. The zero-order valence-electron chi connectivity index (χ0n) is 11.8. The van der Waals surface area contributed by atoms with Gasteiger partial charge in [0.05, 0.1) is 16.6 Å². The zero-order chi connectivity index (χ0) is 15.5. The number of nitrogens with one attached hydrogen (secondary N) is 1. The summed E-state index contributed by atoms with van der Waals surface area (Å²) in [6.45, 7) is 0. The Kier molecular flexibility index (Phi) is 3.85. The number of para-hydroxylation sites is 2. The van der Waals surface area contributed by atoms with Gasteiger partial charge in [-0.05, 0) is 17.7 Å². The molecule has 0 aliphatic heterocycles. The lowest BCUT2D eigenvalue weighted by Gasteiger charge is -2.11. The number of fused-ring (bicyclic) bond motifs is 1. The van der Waals surface area contributed by atoms with Gasteiger partial charge in [0.25, 0.3) is 0 Å². The van der Waals surface area contributed by atoms with Crippen molar-refractivity contribution in [3.8, 4) is 0 Å². The summed E-state index contributed by atoms with van der Waals surface area (Å²) in [7, 11) is 0. The second kappa shape index (κ2) is 5.95. The van der Waals surface area contributed by atoms with E-state index < -0.39 is 0 Å². The molecule has 0 aliphatic rings. The molecule has 1 aromatic heterocycles. The summed E-state index contributed by atoms with van der Waals surface area (Å²) in [5.74, 6) is 0.592. The fourth-order valence-electron chi connectivity index (χ4n) is 2.38. The van der Waals surface area contributed by atoms with Gasteiger partial charge in [0, 0.05) is 11.8 Å². The minimum atomic E-state index is 0.139. The topological polar surface area (TPSA) is 80.7 Å². The van der Waals surface area contributed by atoms with Crippen molar-refractivity contribution in [2.45, 2.75) is 0 Å². The maximum Gasteiger partial charge on any atom is 0.142 e. The molecule has 5 N–H and O–H groups in total. The first-order valence-electron chi connectivity index (χ1n) is 6.78. The molecule has 22 heavy (non-hydrogen) atoms. The van der Waals surface area contributed by atoms with Gasteiger partial charge in [-0.3, -0.25) is 0 Å². The highest BCUT2D eigenvalue weighted by Crippen LogP contribution is 2.32. The summed E-state index contributed by atoms with van der Waals surface area (Å²) in [4.78, 5) is 7.79. The summed E-state index contributed by atoms with van der Waals surface area (Å²) in [5.41, 5.74) is 15.7. The quantitative estimate of drug-likeness (QED) is 0.512. The Morgan fingerprint density at radius 2 is 1.73 bits per heavy atom. The molecule has 4 nitrogen and oxygen atoms in total. The Morgan fingerprint density at radius 1 is 1.05 bits per heavy atom. The van der Waals surface area contributed by atoms with E-state index in [1.165, 1.54) is 6.20 Å². The van der Waals surface area contributed by atoms with Gasteiger partial charge in [0.2, 0.25) is 0 Å². The van der Waals surface area contributed by atoms with Gasteiger partial charge in [-0.2, -0.15) is 0 Å². The molecule has 0 saturated carbocycles. The minimum Gasteiger partial charge on any atom is -0.404 e. The molecule has 0 saturated heterocycles. The Hall–Kier alpha value is -2.72. The number of allylic oxidation sites excluding steroid dienone is 2. The van der Waals surface area contributed by atoms with E-state index in [0.717, 1.165) is 22.2 Å². The highest BCUT2D eigenvalue weighted by molar-refractivity contribution is 6.35. The van der Waals surface area contributed by atoms with Crippen molar-refractivity contribution >= 4 is 33.8 Å². The van der Waals surface area contributed by atoms with Gasteiger partial charge in [0.15, 0.2) is 0 Å². The van der Waals surface area contributed by atoms with Crippen LogP contribution in [0.1, 0.15) is 11.4 Å². The molecule has 0 spiro atoms. The predicted octanol–water partition coefficient (Wildman–Crippen LogP) is 3.43. The SMILES string of the molecule is N/C=C(\C(=C(/N)Cl)c1nc2ccccc2[nH]1)c1ccccc1. The summed E-state index contributed by atoms with van der Waals surface area (Å²) < 4.78 is 0. The second-order valence-electron chi connectivity index (χ2n) is 4.77. The molecule has 1 heterocycles. The monoisotopic (exact) mass is 310 g/mol. The smallest absolute Gasteiger partial charge is 0.142 e. The van der Waals surface area contributed by atoms with E-state index in [2.05, 4.69) is 9.97 Å². The van der Waals surface area contributed by atoms with Crippen molar-refractivity contribution in [3.05, 3.63) is 77.3 Å². The van der Waals surface area contributed by atoms with E-state index in [1.807, 2.05) is 54.6 Å². The Balaban J connectivity index is 2.17. The van der Waals surface area contributed by atoms with Gasteiger partial charge < -0.3 is 16.5 Å². The molecule has 110 valence electrons. The third-order valence-electron chi connectivity index (χ3n) is 3.39. The minimum absolute atomic E-state index is 0.139. The lowest BCUT2D eigenvalue weighted by molar-refractivity contribution is 1.26. The van der Waals surface area contributed by atoms with Gasteiger partial charge in [-0.15, -0.1) is 0 Å². The first-order valence-corrected chi connectivity index (χ1v) is 7.16. The number of imidazole rings is 1. The van der Waals surface area contributed by atoms with E-state index in [-0.39, 0.29) is 5.16 Å². The van der Waals surface area contributed by atoms with Crippen LogP contribution in [0.4, 0.5) is 0 Å². The van der Waals surface area contributed by atoms with Crippen molar-refractivity contribution < 1.29 is 0 Å². The average Bonchev–Trinajstić information content (AvgIpc) is 2.96. The number of aromatic nitrogens is 2. The highest BCUT2D eigenvalue weighted by Gasteiger charge is 2.17. The van der Waals surface area contributed by atoms with Crippen LogP contribution in [0.5, 0.6) is 0 Å². The lowest BCUT2D eigenvalue weighted by Crippen LogP contribution is -2.02. The number of nitrogens with zero attached hydrogens (tertiary/aromatic N) is 1. The Labute approximate surface area is 133 Å². The van der Waals surface area contributed by atoms with Crippen LogP contribution < -0.4 is 11.5 Å². The Morgan fingerprint density at radius 3 is 2.36 bits per heavy atom. The maximum atomic E-state index is 6.13. The number of hydrogen-bond acceptors (Lipinski definition) is 3. The molecule has 0 atom stereocenters. The Bertz CT molecular complexity index is 826. The van der Waals surface area contributed by atoms with Crippen LogP contribution in [-0.4, -0.2) is 9.97 Å². The number of hydrogen-bond donors (Lipinski definition) is 3. The van der Waals surface area contributed by atoms with Crippen LogP contribution in [0.3, 0.4) is 0 Å². The molecule has 3 aromatic rings. The fourth-order valence-corrected chi connectivity index (χ4v) is 2.57. The van der Waals surface area contributed by atoms with Crippen molar-refractivity contribution in [2.24, 2.45) is 11.5 Å². The molecule has 3 rings (SSSR count). The van der Waals surface area contributed by atoms with Crippen LogP contribution in [0.25, 0.3) is 22.2 Å². The predicted molar refractivity (Wildman–Crippen MR) is 91.7 cm³/mol. The summed E-state index contributed by atoms with van der Waals surface area (Å²) >= 11 is 6.13. The molecule has 0 aliphatic carbocycles. The van der Waals surface area contributed by atoms with E-state index in [9.17, 15) is 0 Å². The standard InChI is InChI=1S/C17H15ClN4/c18-16(20)15(12(10-19)11-6-2-1-3-7-11)17-21-13-8-4-5-9-14(13)22-17/h1-10H,19-20H2,(H,21,22)/b12-10-,16-15+. The van der Waals surface area contributed by atoms with E-state index in [1.54, 1.807) is 0 Å². The summed E-state index contributed by atoms with van der Waals surface area (Å²) in [6, 6.07) is 17.4. The molecule has 0 radical (unpaired) electrons. The summed E-state index contributed by atoms with van der Waals surface area (Å²) in [6.07, 6.45) is 1.49. The molecular formula is C17H15ClN4. The normalized spacial score (nSPS) is 13.2. The first kappa shape index (κ1) is 14.2. The lowest BCUT2D eigenvalue weighted by atomic mass is 9.99.